The Morgan fingerprint density at radius 3 is 2.35 bits per heavy atom. The zero-order valence-corrected chi connectivity index (χ0v) is 22.5. The number of methoxy groups -OCH3 is 3. The van der Waals surface area contributed by atoms with E-state index in [0.717, 1.165) is 12.4 Å². The van der Waals surface area contributed by atoms with Crippen LogP contribution in [-0.2, 0) is 14.8 Å². The molecule has 1 fully saturated rings. The van der Waals surface area contributed by atoms with Gasteiger partial charge in [-0.1, -0.05) is 0 Å². The smallest absolute Gasteiger partial charge is 0.245 e. The predicted molar refractivity (Wildman–Crippen MR) is 139 cm³/mol. The zero-order chi connectivity index (χ0) is 28.3. The van der Waals surface area contributed by atoms with Crippen LogP contribution in [0.5, 0.6) is 11.8 Å². The second kappa shape index (κ2) is 11.3. The normalized spacial score (nSPS) is 17.4. The molecule has 0 saturated carbocycles. The van der Waals surface area contributed by atoms with Crippen molar-refractivity contribution in [1.29, 1.82) is 0 Å². The minimum atomic E-state index is -4.13. The van der Waals surface area contributed by atoms with Gasteiger partial charge in [0.05, 0.1) is 32.7 Å². The highest BCUT2D eigenvalue weighted by atomic mass is 32.2. The minimum absolute atomic E-state index is 0.0194. The van der Waals surface area contributed by atoms with Crippen LogP contribution in [0, 0.1) is 5.82 Å². The summed E-state index contributed by atoms with van der Waals surface area (Å²) < 4.78 is 61.3. The SMILES string of the molecule is COc1ncnc(OC)c1-n1c(NS(=O)(=O)C2CC(OC)CN(c3ncc(F)cn3)C2)nnc1-c1cccnc1. The average Bonchev–Trinajstić information content (AvgIpc) is 3.39. The van der Waals surface area contributed by atoms with Gasteiger partial charge in [0, 0.05) is 38.2 Å². The molecule has 0 bridgehead atoms. The molecule has 1 saturated heterocycles. The minimum Gasteiger partial charge on any atom is -0.479 e. The van der Waals surface area contributed by atoms with Crippen molar-refractivity contribution < 1.29 is 27.0 Å². The highest BCUT2D eigenvalue weighted by Gasteiger charge is 2.38. The van der Waals surface area contributed by atoms with Gasteiger partial charge >= 0.3 is 0 Å². The summed E-state index contributed by atoms with van der Waals surface area (Å²) in [5, 5.41) is 7.39. The molecule has 17 heteroatoms. The Morgan fingerprint density at radius 1 is 1.00 bits per heavy atom. The number of pyridine rings is 1. The first-order valence-electron chi connectivity index (χ1n) is 11.9. The van der Waals surface area contributed by atoms with Crippen LogP contribution in [0.1, 0.15) is 6.42 Å². The number of hydrogen-bond donors (Lipinski definition) is 1. The van der Waals surface area contributed by atoms with E-state index in [0.29, 0.717) is 12.1 Å². The van der Waals surface area contributed by atoms with Crippen LogP contribution in [-0.4, -0.2) is 93.9 Å². The van der Waals surface area contributed by atoms with E-state index in [1.807, 2.05) is 0 Å². The lowest BCUT2D eigenvalue weighted by molar-refractivity contribution is 0.0898. The number of piperidine rings is 1. The Kier molecular flexibility index (Phi) is 7.65. The lowest BCUT2D eigenvalue weighted by Crippen LogP contribution is -2.51. The van der Waals surface area contributed by atoms with Gasteiger partial charge in [0.2, 0.25) is 33.7 Å². The van der Waals surface area contributed by atoms with Crippen molar-refractivity contribution >= 4 is 21.9 Å². The van der Waals surface area contributed by atoms with Gasteiger partial charge in [0.15, 0.2) is 17.3 Å². The van der Waals surface area contributed by atoms with Crippen LogP contribution in [0.15, 0.2) is 43.2 Å². The quantitative estimate of drug-likeness (QED) is 0.302. The van der Waals surface area contributed by atoms with Crippen LogP contribution in [0.3, 0.4) is 0 Å². The van der Waals surface area contributed by atoms with Gasteiger partial charge in [-0.15, -0.1) is 10.2 Å². The van der Waals surface area contributed by atoms with Crippen molar-refractivity contribution in [2.75, 3.05) is 44.0 Å². The molecular formula is C23H25FN10O5S. The monoisotopic (exact) mass is 572 g/mol. The highest BCUT2D eigenvalue weighted by Crippen LogP contribution is 2.35. The molecule has 0 amide bonds. The van der Waals surface area contributed by atoms with Crippen LogP contribution >= 0.6 is 0 Å². The number of nitrogens with one attached hydrogen (secondary N) is 1. The second-order valence-electron chi connectivity index (χ2n) is 8.63. The molecule has 4 aromatic rings. The summed E-state index contributed by atoms with van der Waals surface area (Å²) in [6.45, 7) is 0.344. The van der Waals surface area contributed by atoms with E-state index in [1.165, 1.54) is 32.2 Å². The average molecular weight is 573 g/mol. The summed E-state index contributed by atoms with van der Waals surface area (Å²) >= 11 is 0. The summed E-state index contributed by atoms with van der Waals surface area (Å²) in [6.07, 6.45) is 6.14. The first-order valence-corrected chi connectivity index (χ1v) is 13.4. The summed E-state index contributed by atoms with van der Waals surface area (Å²) in [5.41, 5.74) is 0.707. The molecule has 4 aromatic heterocycles. The Hall–Kier alpha value is -4.51. The molecule has 15 nitrogen and oxygen atoms in total. The summed E-state index contributed by atoms with van der Waals surface area (Å²) in [5.74, 6) is -0.162. The number of sulfonamides is 1. The maximum absolute atomic E-state index is 13.8. The second-order valence-corrected chi connectivity index (χ2v) is 10.6. The van der Waals surface area contributed by atoms with Gasteiger partial charge in [-0.2, -0.15) is 9.97 Å². The topological polar surface area (TPSA) is 172 Å². The molecule has 5 rings (SSSR count). The molecule has 5 heterocycles. The first kappa shape index (κ1) is 27.1. The molecule has 2 atom stereocenters. The maximum Gasteiger partial charge on any atom is 0.245 e. The highest BCUT2D eigenvalue weighted by molar-refractivity contribution is 7.93. The van der Waals surface area contributed by atoms with Crippen molar-refractivity contribution in [2.45, 2.75) is 17.8 Å². The molecular weight excluding hydrogens is 547 g/mol. The molecule has 1 N–H and O–H groups in total. The predicted octanol–water partition coefficient (Wildman–Crippen LogP) is 1.10. The zero-order valence-electron chi connectivity index (χ0n) is 21.7. The van der Waals surface area contributed by atoms with E-state index in [9.17, 15) is 12.8 Å². The number of rotatable bonds is 9. The van der Waals surface area contributed by atoms with Crippen molar-refractivity contribution in [3.05, 3.63) is 49.1 Å². The molecule has 0 aliphatic carbocycles. The fraction of sp³-hybridized carbons (Fsp3) is 0.348. The van der Waals surface area contributed by atoms with Crippen LogP contribution in [0.4, 0.5) is 16.3 Å². The molecule has 0 spiro atoms. The van der Waals surface area contributed by atoms with Gasteiger partial charge in [0.1, 0.15) is 11.6 Å². The standard InChI is InChI=1S/C23H25FN10O5S/c1-37-16-7-17(12-33(11-16)22-26-9-15(24)10-27-22)40(35,36)32-23-31-30-19(14-5-4-6-25-8-14)34(23)18-20(38-2)28-13-29-21(18)39-3/h4-6,8-10,13,16-17H,7,11-12H2,1-3H3,(H,31,32). The van der Waals surface area contributed by atoms with Gasteiger partial charge in [-0.3, -0.25) is 14.3 Å². The lowest BCUT2D eigenvalue weighted by atomic mass is 10.1. The Balaban J connectivity index is 1.56. The number of aromatic nitrogens is 8. The van der Waals surface area contributed by atoms with E-state index < -0.39 is 27.2 Å². The summed E-state index contributed by atoms with van der Waals surface area (Å²) in [4.78, 5) is 22.0. The molecule has 0 radical (unpaired) electrons. The number of hydrogen-bond acceptors (Lipinski definition) is 13. The van der Waals surface area contributed by atoms with Crippen LogP contribution in [0.2, 0.25) is 0 Å². The van der Waals surface area contributed by atoms with E-state index in [1.54, 1.807) is 29.4 Å². The summed E-state index contributed by atoms with van der Waals surface area (Å²) in [6, 6.07) is 3.44. The Bertz CT molecular complexity index is 1550. The number of halogens is 1. The van der Waals surface area contributed by atoms with Gasteiger partial charge in [-0.05, 0) is 18.6 Å². The Labute approximate surface area is 228 Å². The number of anilines is 2. The van der Waals surface area contributed by atoms with E-state index in [-0.39, 0.29) is 48.1 Å². The van der Waals surface area contributed by atoms with E-state index >= 15 is 0 Å². The number of nitrogens with zero attached hydrogens (tertiary/aromatic N) is 9. The fourth-order valence-corrected chi connectivity index (χ4v) is 5.73. The third kappa shape index (κ3) is 5.32. The van der Waals surface area contributed by atoms with E-state index in [2.05, 4.69) is 39.8 Å². The fourth-order valence-electron chi connectivity index (χ4n) is 4.33. The molecule has 40 heavy (non-hydrogen) atoms. The molecule has 2 unspecified atom stereocenters. The van der Waals surface area contributed by atoms with Crippen molar-refractivity contribution in [3.8, 4) is 28.8 Å². The van der Waals surface area contributed by atoms with Crippen molar-refractivity contribution in [3.63, 3.8) is 0 Å². The summed E-state index contributed by atoms with van der Waals surface area (Å²) in [7, 11) is 0.168. The third-order valence-corrected chi connectivity index (χ3v) is 7.90. The van der Waals surface area contributed by atoms with E-state index in [4.69, 9.17) is 14.2 Å². The Morgan fingerprint density at radius 2 is 1.73 bits per heavy atom. The molecule has 210 valence electrons. The van der Waals surface area contributed by atoms with Crippen LogP contribution in [0.25, 0.3) is 17.1 Å². The maximum atomic E-state index is 13.8. The molecule has 1 aliphatic heterocycles. The lowest BCUT2D eigenvalue weighted by Gasteiger charge is -2.36. The first-order chi connectivity index (χ1) is 19.3. The van der Waals surface area contributed by atoms with Crippen molar-refractivity contribution in [1.82, 2.24) is 39.7 Å². The van der Waals surface area contributed by atoms with Crippen molar-refractivity contribution in [2.24, 2.45) is 0 Å². The van der Waals surface area contributed by atoms with Crippen LogP contribution < -0.4 is 19.1 Å². The van der Waals surface area contributed by atoms with Gasteiger partial charge in [0.25, 0.3) is 0 Å². The van der Waals surface area contributed by atoms with Gasteiger partial charge < -0.3 is 19.1 Å². The molecule has 0 aromatic carbocycles. The largest absolute Gasteiger partial charge is 0.479 e. The van der Waals surface area contributed by atoms with Gasteiger partial charge in [-0.25, -0.2) is 22.8 Å². The molecule has 1 aliphatic rings. The number of ether oxygens (including phenoxy) is 3. The third-order valence-electron chi connectivity index (χ3n) is 6.22.